The van der Waals surface area contributed by atoms with E-state index in [1.807, 2.05) is 31.4 Å². The molecule has 5 N–H and O–H groups in total. The van der Waals surface area contributed by atoms with Crippen LogP contribution in [0.3, 0.4) is 0 Å². The summed E-state index contributed by atoms with van der Waals surface area (Å²) in [7, 11) is 3.44. The third kappa shape index (κ3) is 5.48. The highest BCUT2D eigenvalue weighted by Gasteiger charge is 2.41. The van der Waals surface area contributed by atoms with Crippen molar-refractivity contribution < 1.29 is 9.53 Å². The van der Waals surface area contributed by atoms with Crippen LogP contribution in [-0.2, 0) is 4.79 Å². The van der Waals surface area contributed by atoms with Crippen LogP contribution in [0.1, 0.15) is 76.7 Å². The van der Waals surface area contributed by atoms with E-state index in [9.17, 15) is 4.79 Å². The first kappa shape index (κ1) is 27.1. The van der Waals surface area contributed by atoms with Crippen molar-refractivity contribution in [1.82, 2.24) is 15.0 Å². The Hall–Kier alpha value is -3.53. The molecule has 2 saturated carbocycles. The van der Waals surface area contributed by atoms with Crippen LogP contribution in [0.4, 0.5) is 23.1 Å². The number of hydrazine groups is 1. The van der Waals surface area contributed by atoms with Crippen LogP contribution >= 0.6 is 0 Å². The number of carbonyl (C=O) groups is 1. The monoisotopic (exact) mass is 534 g/mol. The number of rotatable bonds is 8. The number of hydrogen-bond donors (Lipinski definition) is 3. The van der Waals surface area contributed by atoms with Crippen molar-refractivity contribution in [2.24, 2.45) is 11.6 Å². The summed E-state index contributed by atoms with van der Waals surface area (Å²) in [6, 6.07) is 6.17. The molecule has 0 spiro atoms. The number of likely N-dealkylation sites (N-methyl/N-ethyl adjacent to an activating group) is 1. The minimum absolute atomic E-state index is 0.101. The Bertz CT molecular complexity index is 1210. The summed E-state index contributed by atoms with van der Waals surface area (Å²) < 4.78 is 5.70. The second kappa shape index (κ2) is 11.7. The minimum atomic E-state index is -0.215. The average Bonchev–Trinajstić information content (AvgIpc) is 3.50. The van der Waals surface area contributed by atoms with Gasteiger partial charge in [0.15, 0.2) is 5.82 Å². The lowest BCUT2D eigenvalue weighted by Gasteiger charge is -2.43. The molecule has 10 nitrogen and oxygen atoms in total. The van der Waals surface area contributed by atoms with Crippen LogP contribution in [0.15, 0.2) is 30.6 Å². The highest BCUT2D eigenvalue weighted by molar-refractivity contribution is 6.04. The molecule has 5 rings (SSSR count). The number of nitrogens with zero attached hydrogens (tertiary/aromatic N) is 5. The van der Waals surface area contributed by atoms with E-state index in [2.05, 4.69) is 22.1 Å². The first-order valence-corrected chi connectivity index (χ1v) is 14.3. The molecule has 0 unspecified atom stereocenters. The molecule has 2 aliphatic carbocycles. The number of anilines is 4. The van der Waals surface area contributed by atoms with Crippen LogP contribution in [0.25, 0.3) is 5.70 Å². The van der Waals surface area contributed by atoms with Crippen molar-refractivity contribution >= 4 is 34.7 Å². The lowest BCUT2D eigenvalue weighted by atomic mass is 9.95. The molecule has 0 bridgehead atoms. The van der Waals surface area contributed by atoms with Gasteiger partial charge in [-0.25, -0.2) is 10.8 Å². The van der Waals surface area contributed by atoms with E-state index in [0.717, 1.165) is 54.9 Å². The molecule has 1 aromatic carbocycles. The second-order valence-corrected chi connectivity index (χ2v) is 10.9. The predicted molar refractivity (Wildman–Crippen MR) is 156 cm³/mol. The largest absolute Gasteiger partial charge is 0.495 e. The summed E-state index contributed by atoms with van der Waals surface area (Å²) in [5.74, 6) is 8.31. The Morgan fingerprint density at radius 3 is 2.59 bits per heavy atom. The number of amides is 1. The number of methoxy groups -OCH3 is 1. The lowest BCUT2D eigenvalue weighted by Crippen LogP contribution is -2.55. The normalized spacial score (nSPS) is 20.8. The molecule has 10 heteroatoms. The van der Waals surface area contributed by atoms with Gasteiger partial charge in [0.25, 0.3) is 0 Å². The predicted octanol–water partition coefficient (Wildman–Crippen LogP) is 4.50. The van der Waals surface area contributed by atoms with E-state index in [1.165, 1.54) is 32.1 Å². The van der Waals surface area contributed by atoms with Crippen LogP contribution in [0.2, 0.25) is 0 Å². The van der Waals surface area contributed by atoms with Gasteiger partial charge >= 0.3 is 0 Å². The van der Waals surface area contributed by atoms with Crippen molar-refractivity contribution in [2.45, 2.75) is 89.3 Å². The number of nitrogens with one attached hydrogen (secondary N) is 1. The zero-order chi connectivity index (χ0) is 27.5. The molecular weight excluding hydrogens is 492 g/mol. The maximum Gasteiger partial charge on any atom is 0.249 e. The molecule has 1 aliphatic heterocycles. The lowest BCUT2D eigenvalue weighted by molar-refractivity contribution is -0.120. The minimum Gasteiger partial charge on any atom is -0.495 e. The van der Waals surface area contributed by atoms with E-state index in [4.69, 9.17) is 21.3 Å². The first-order valence-electron chi connectivity index (χ1n) is 14.3. The van der Waals surface area contributed by atoms with Gasteiger partial charge in [-0.15, -0.1) is 0 Å². The molecule has 2 fully saturated rings. The van der Waals surface area contributed by atoms with Gasteiger partial charge in [0.05, 0.1) is 24.7 Å². The van der Waals surface area contributed by atoms with Crippen molar-refractivity contribution in [3.05, 3.63) is 36.2 Å². The molecule has 3 aliphatic rings. The summed E-state index contributed by atoms with van der Waals surface area (Å²) in [6.45, 7) is 2.06. The Labute approximate surface area is 231 Å². The fraction of sp³-hybridized carbons (Fsp3) is 0.552. The summed E-state index contributed by atoms with van der Waals surface area (Å²) in [5, 5.41) is 5.09. The topological polar surface area (TPSA) is 126 Å². The van der Waals surface area contributed by atoms with Crippen LogP contribution in [-0.4, -0.2) is 53.2 Å². The van der Waals surface area contributed by atoms with E-state index in [-0.39, 0.29) is 11.9 Å². The highest BCUT2D eigenvalue weighted by atomic mass is 16.5. The quantitative estimate of drug-likeness (QED) is 0.331. The van der Waals surface area contributed by atoms with Gasteiger partial charge in [0.1, 0.15) is 17.5 Å². The smallest absolute Gasteiger partial charge is 0.249 e. The molecule has 1 amide bonds. The fourth-order valence-corrected chi connectivity index (χ4v) is 6.26. The van der Waals surface area contributed by atoms with Gasteiger partial charge in [0.2, 0.25) is 11.9 Å². The molecule has 2 heterocycles. The first-order chi connectivity index (χ1) is 18.9. The zero-order valence-corrected chi connectivity index (χ0v) is 23.4. The standard InChI is InChI=1S/C29H42N8O2/c1-4-24-28(38)35(2)25-17-32-29(34-27(25)37(24)21-12-8-9-13-21)33-23-15-14-19(16-26(23)39-3)22(30)18-36(31)20-10-6-5-7-11-20/h14-18,20-21,24H,4-13,30-31H2,1-3H3,(H,32,33,34)/b22-18-/t24-/m1/s1. The third-order valence-corrected chi connectivity index (χ3v) is 8.48. The van der Waals surface area contributed by atoms with Crippen molar-refractivity contribution in [2.75, 3.05) is 29.3 Å². The summed E-state index contributed by atoms with van der Waals surface area (Å²) in [6.07, 6.45) is 14.7. The zero-order valence-electron chi connectivity index (χ0n) is 23.4. The van der Waals surface area contributed by atoms with Crippen molar-refractivity contribution in [3.8, 4) is 5.75 Å². The molecule has 210 valence electrons. The molecule has 2 aromatic rings. The Morgan fingerprint density at radius 2 is 1.90 bits per heavy atom. The number of nitrogens with two attached hydrogens (primary N) is 2. The van der Waals surface area contributed by atoms with Crippen molar-refractivity contribution in [3.63, 3.8) is 0 Å². The number of aromatic nitrogens is 2. The van der Waals surface area contributed by atoms with Gasteiger partial charge in [-0.3, -0.25) is 4.79 Å². The Balaban J connectivity index is 1.40. The van der Waals surface area contributed by atoms with Crippen LogP contribution in [0, 0.1) is 0 Å². The van der Waals surface area contributed by atoms with Gasteiger partial charge in [0, 0.05) is 30.9 Å². The molecule has 39 heavy (non-hydrogen) atoms. The maximum atomic E-state index is 13.2. The van der Waals surface area contributed by atoms with E-state index in [1.54, 1.807) is 23.2 Å². The molecule has 0 radical (unpaired) electrons. The third-order valence-electron chi connectivity index (χ3n) is 8.48. The molecule has 1 atom stereocenters. The van der Waals surface area contributed by atoms with Crippen LogP contribution in [0.5, 0.6) is 5.75 Å². The highest BCUT2D eigenvalue weighted by Crippen LogP contribution is 2.40. The van der Waals surface area contributed by atoms with E-state index < -0.39 is 0 Å². The van der Waals surface area contributed by atoms with Gasteiger partial charge in [-0.1, -0.05) is 45.1 Å². The molecular formula is C29H42N8O2. The molecule has 1 aromatic heterocycles. The number of fused-ring (bicyclic) bond motifs is 1. The van der Waals surface area contributed by atoms with Crippen LogP contribution < -0.4 is 31.4 Å². The van der Waals surface area contributed by atoms with E-state index in [0.29, 0.717) is 29.5 Å². The maximum absolute atomic E-state index is 13.2. The number of ether oxygens (including phenoxy) is 1. The Kier molecular flexibility index (Phi) is 8.11. The fourth-order valence-electron chi connectivity index (χ4n) is 6.26. The summed E-state index contributed by atoms with van der Waals surface area (Å²) in [5.41, 5.74) is 9.32. The summed E-state index contributed by atoms with van der Waals surface area (Å²) in [4.78, 5) is 26.6. The molecule has 0 saturated heterocycles. The van der Waals surface area contributed by atoms with Gasteiger partial charge in [-0.2, -0.15) is 4.98 Å². The van der Waals surface area contributed by atoms with Gasteiger partial charge in [-0.05, 0) is 44.2 Å². The average molecular weight is 535 g/mol. The second-order valence-electron chi connectivity index (χ2n) is 10.9. The summed E-state index contributed by atoms with van der Waals surface area (Å²) >= 11 is 0. The van der Waals surface area contributed by atoms with Crippen molar-refractivity contribution in [1.29, 1.82) is 0 Å². The number of carbonyl (C=O) groups excluding carboxylic acids is 1. The Morgan fingerprint density at radius 1 is 1.18 bits per heavy atom. The number of hydrogen-bond acceptors (Lipinski definition) is 9. The van der Waals surface area contributed by atoms with Gasteiger partial charge < -0.3 is 30.6 Å². The number of benzene rings is 1. The van der Waals surface area contributed by atoms with E-state index >= 15 is 0 Å². The SMILES string of the molecule is CC[C@@H]1C(=O)N(C)c2cnc(Nc3ccc(/C(N)=C/N(N)C4CCCCC4)cc3OC)nc2N1C1CCCC1.